The number of benzene rings is 2. The minimum Gasteiger partial charge on any atom is -0.473 e. The quantitative estimate of drug-likeness (QED) is 0.715. The van der Waals surface area contributed by atoms with Crippen LogP contribution in [0.3, 0.4) is 0 Å². The first-order chi connectivity index (χ1) is 13.7. The molecule has 1 fully saturated rings. The van der Waals surface area contributed by atoms with Gasteiger partial charge in [0.05, 0.1) is 4.90 Å². The second-order valence-corrected chi connectivity index (χ2v) is 8.17. The smallest absolute Gasteiger partial charge is 0.414 e. The predicted molar refractivity (Wildman–Crippen MR) is 102 cm³/mol. The third kappa shape index (κ3) is 6.63. The molecule has 0 aliphatic carbocycles. The Morgan fingerprint density at radius 2 is 1.48 bits per heavy atom. The minimum absolute atomic E-state index is 0.243. The number of carboxylic acids is 2. The molecule has 0 spiro atoms. The summed E-state index contributed by atoms with van der Waals surface area (Å²) in [6.45, 7) is 2.82. The third-order valence-electron chi connectivity index (χ3n) is 4.19. The number of rotatable bonds is 4. The molecular formula is C19H21FN2O6S. The zero-order valence-corrected chi connectivity index (χ0v) is 16.3. The standard InChI is InChI=1S/C17H19FN2O2S.C2H2O4/c18-16-6-4-5-15(13-16)14-19-9-11-20(12-10-19)23(21,22)17-7-2-1-3-8-17;3-1(4)2(5)6/h1-8,13H,9-12,14H2;(H,3,4)(H,5,6). The van der Waals surface area contributed by atoms with E-state index in [2.05, 4.69) is 4.90 Å². The highest BCUT2D eigenvalue weighted by molar-refractivity contribution is 7.89. The Balaban J connectivity index is 0.000000438. The Bertz CT molecular complexity index is 932. The third-order valence-corrected chi connectivity index (χ3v) is 6.10. The van der Waals surface area contributed by atoms with Crippen LogP contribution in [0.25, 0.3) is 0 Å². The average molecular weight is 424 g/mol. The summed E-state index contributed by atoms with van der Waals surface area (Å²) in [6.07, 6.45) is 0. The molecule has 8 nitrogen and oxygen atoms in total. The molecule has 2 N–H and O–H groups in total. The van der Waals surface area contributed by atoms with Gasteiger partial charge in [0, 0.05) is 32.7 Å². The summed E-state index contributed by atoms with van der Waals surface area (Å²) in [7, 11) is -3.42. The summed E-state index contributed by atoms with van der Waals surface area (Å²) in [5, 5.41) is 14.8. The van der Waals surface area contributed by atoms with Gasteiger partial charge in [0.15, 0.2) is 0 Å². The van der Waals surface area contributed by atoms with Gasteiger partial charge in [-0.2, -0.15) is 4.31 Å². The monoisotopic (exact) mass is 424 g/mol. The fourth-order valence-corrected chi connectivity index (χ4v) is 4.21. The van der Waals surface area contributed by atoms with Gasteiger partial charge < -0.3 is 10.2 Å². The number of piperazine rings is 1. The lowest BCUT2D eigenvalue weighted by Crippen LogP contribution is -2.48. The van der Waals surface area contributed by atoms with Crippen LogP contribution in [-0.2, 0) is 26.2 Å². The maximum Gasteiger partial charge on any atom is 0.414 e. The van der Waals surface area contributed by atoms with Gasteiger partial charge in [0.25, 0.3) is 0 Å². The highest BCUT2D eigenvalue weighted by atomic mass is 32.2. The lowest BCUT2D eigenvalue weighted by atomic mass is 10.2. The molecule has 10 heteroatoms. The number of carbonyl (C=O) groups is 2. The van der Waals surface area contributed by atoms with Crippen LogP contribution in [0.4, 0.5) is 4.39 Å². The molecule has 3 rings (SSSR count). The van der Waals surface area contributed by atoms with Crippen molar-refractivity contribution in [3.8, 4) is 0 Å². The number of aliphatic carboxylic acids is 2. The van der Waals surface area contributed by atoms with Gasteiger partial charge in [0.1, 0.15) is 5.82 Å². The molecule has 2 aromatic carbocycles. The van der Waals surface area contributed by atoms with Gasteiger partial charge in [0.2, 0.25) is 10.0 Å². The van der Waals surface area contributed by atoms with E-state index >= 15 is 0 Å². The molecular weight excluding hydrogens is 403 g/mol. The molecule has 1 saturated heterocycles. The molecule has 1 aliphatic heterocycles. The van der Waals surface area contributed by atoms with Gasteiger partial charge in [-0.3, -0.25) is 4.90 Å². The summed E-state index contributed by atoms with van der Waals surface area (Å²) < 4.78 is 39.8. The molecule has 0 radical (unpaired) electrons. The van der Waals surface area contributed by atoms with Crippen LogP contribution in [0.5, 0.6) is 0 Å². The first-order valence-electron chi connectivity index (χ1n) is 8.68. The Kier molecular flexibility index (Phi) is 7.82. The molecule has 1 heterocycles. The Morgan fingerprint density at radius 3 is 2.00 bits per heavy atom. The number of nitrogens with zero attached hydrogens (tertiary/aromatic N) is 2. The summed E-state index contributed by atoms with van der Waals surface area (Å²) in [5.41, 5.74) is 0.907. The Hall–Kier alpha value is -2.82. The molecule has 156 valence electrons. The highest BCUT2D eigenvalue weighted by Crippen LogP contribution is 2.18. The van der Waals surface area contributed by atoms with Gasteiger partial charge in [-0.15, -0.1) is 0 Å². The summed E-state index contributed by atoms with van der Waals surface area (Å²) >= 11 is 0. The molecule has 0 saturated carbocycles. The second-order valence-electron chi connectivity index (χ2n) is 6.23. The van der Waals surface area contributed by atoms with Crippen molar-refractivity contribution < 1.29 is 32.6 Å². The molecule has 0 unspecified atom stereocenters. The summed E-state index contributed by atoms with van der Waals surface area (Å²) in [6, 6.07) is 15.0. The van der Waals surface area contributed by atoms with E-state index in [4.69, 9.17) is 19.8 Å². The van der Waals surface area contributed by atoms with Crippen molar-refractivity contribution in [2.45, 2.75) is 11.4 Å². The van der Waals surface area contributed by atoms with Crippen molar-refractivity contribution in [2.24, 2.45) is 0 Å². The van der Waals surface area contributed by atoms with E-state index in [0.29, 0.717) is 37.6 Å². The van der Waals surface area contributed by atoms with Crippen LogP contribution in [-0.4, -0.2) is 66.0 Å². The topological polar surface area (TPSA) is 115 Å². The van der Waals surface area contributed by atoms with Crippen molar-refractivity contribution in [1.82, 2.24) is 9.21 Å². The van der Waals surface area contributed by atoms with Crippen molar-refractivity contribution >= 4 is 22.0 Å². The zero-order valence-electron chi connectivity index (χ0n) is 15.4. The summed E-state index contributed by atoms with van der Waals surface area (Å²) in [5.74, 6) is -3.89. The Morgan fingerprint density at radius 1 is 0.897 bits per heavy atom. The fourth-order valence-electron chi connectivity index (χ4n) is 2.76. The van der Waals surface area contributed by atoms with Crippen molar-refractivity contribution in [3.63, 3.8) is 0 Å². The van der Waals surface area contributed by atoms with Crippen LogP contribution in [0.1, 0.15) is 5.56 Å². The second kappa shape index (κ2) is 10.1. The number of hydrogen-bond acceptors (Lipinski definition) is 5. The van der Waals surface area contributed by atoms with Crippen LogP contribution in [0.2, 0.25) is 0 Å². The molecule has 0 bridgehead atoms. The van der Waals surface area contributed by atoms with Crippen molar-refractivity contribution in [1.29, 1.82) is 0 Å². The first-order valence-corrected chi connectivity index (χ1v) is 10.1. The Labute approximate surface area is 167 Å². The normalized spacial score (nSPS) is 15.2. The van der Waals surface area contributed by atoms with Gasteiger partial charge in [-0.05, 0) is 29.8 Å². The van der Waals surface area contributed by atoms with Crippen molar-refractivity contribution in [2.75, 3.05) is 26.2 Å². The van der Waals surface area contributed by atoms with Crippen LogP contribution in [0.15, 0.2) is 59.5 Å². The van der Waals surface area contributed by atoms with Crippen LogP contribution in [0, 0.1) is 5.82 Å². The zero-order chi connectivity index (χ0) is 21.4. The number of carboxylic acid groups (broad SMARTS) is 2. The van der Waals surface area contributed by atoms with E-state index in [-0.39, 0.29) is 5.82 Å². The molecule has 0 amide bonds. The number of hydrogen-bond donors (Lipinski definition) is 2. The number of sulfonamides is 1. The fraction of sp³-hybridized carbons (Fsp3) is 0.263. The maximum absolute atomic E-state index is 13.2. The summed E-state index contributed by atoms with van der Waals surface area (Å²) in [4.78, 5) is 20.7. The van der Waals surface area contributed by atoms with Crippen molar-refractivity contribution in [3.05, 3.63) is 66.0 Å². The minimum atomic E-state index is -3.42. The first kappa shape index (κ1) is 22.5. The highest BCUT2D eigenvalue weighted by Gasteiger charge is 2.28. The molecule has 29 heavy (non-hydrogen) atoms. The maximum atomic E-state index is 13.2. The van der Waals surface area contributed by atoms with Crippen LogP contribution >= 0.6 is 0 Å². The SMILES string of the molecule is O=C(O)C(=O)O.O=S(=O)(c1ccccc1)N1CCN(Cc2cccc(F)c2)CC1. The molecule has 0 aromatic heterocycles. The van der Waals surface area contributed by atoms with Gasteiger partial charge in [-0.1, -0.05) is 30.3 Å². The van der Waals surface area contributed by atoms with E-state index in [1.165, 1.54) is 16.4 Å². The van der Waals surface area contributed by atoms with Gasteiger partial charge in [-0.25, -0.2) is 22.4 Å². The lowest BCUT2D eigenvalue weighted by molar-refractivity contribution is -0.159. The van der Waals surface area contributed by atoms with Crippen LogP contribution < -0.4 is 0 Å². The lowest BCUT2D eigenvalue weighted by Gasteiger charge is -2.34. The van der Waals surface area contributed by atoms with E-state index < -0.39 is 22.0 Å². The molecule has 2 aromatic rings. The van der Waals surface area contributed by atoms with E-state index in [1.54, 1.807) is 36.4 Å². The largest absolute Gasteiger partial charge is 0.473 e. The van der Waals surface area contributed by atoms with E-state index in [0.717, 1.165) is 5.56 Å². The predicted octanol–water partition coefficient (Wildman–Crippen LogP) is 1.49. The van der Waals surface area contributed by atoms with Gasteiger partial charge >= 0.3 is 11.9 Å². The molecule has 1 aliphatic rings. The van der Waals surface area contributed by atoms with E-state index in [9.17, 15) is 12.8 Å². The molecule has 0 atom stereocenters. The number of halogens is 1. The van der Waals surface area contributed by atoms with E-state index in [1.807, 2.05) is 6.07 Å². The average Bonchev–Trinajstić information content (AvgIpc) is 2.69.